The van der Waals surface area contributed by atoms with Crippen LogP contribution in [0.3, 0.4) is 0 Å². The van der Waals surface area contributed by atoms with Crippen LogP contribution in [0.15, 0.2) is 48.5 Å². The summed E-state index contributed by atoms with van der Waals surface area (Å²) in [5, 5.41) is 12.7. The third kappa shape index (κ3) is 11.4. The molecule has 12 nitrogen and oxygen atoms in total. The van der Waals surface area contributed by atoms with Gasteiger partial charge in [0.05, 0.1) is 36.6 Å². The molecule has 3 amide bonds. The summed E-state index contributed by atoms with van der Waals surface area (Å²) in [6.07, 6.45) is 1.37. The molecule has 0 spiro atoms. The summed E-state index contributed by atoms with van der Waals surface area (Å²) in [4.78, 5) is 71.1. The van der Waals surface area contributed by atoms with Crippen molar-refractivity contribution in [2.24, 2.45) is 41.4 Å². The number of carboxylic acids is 1. The first kappa shape index (κ1) is 49.4. The number of Topliss-reactive ketones (excluding diaryl/α,β-unsaturated/α-hetero) is 1. The lowest BCUT2D eigenvalue weighted by atomic mass is 9.74. The molecule has 1 aliphatic carbocycles. The van der Waals surface area contributed by atoms with Gasteiger partial charge in [-0.2, -0.15) is 0 Å². The van der Waals surface area contributed by atoms with Crippen molar-refractivity contribution in [1.29, 1.82) is 0 Å². The number of carbonyl (C=O) groups is 5. The molecule has 61 heavy (non-hydrogen) atoms. The number of methoxy groups -OCH3 is 2. The zero-order chi connectivity index (χ0) is 45.3. The number of likely N-dealkylation sites (N-methyl/N-ethyl adjacent to an activating group) is 1. The molecule has 338 valence electrons. The van der Waals surface area contributed by atoms with Crippen LogP contribution in [-0.4, -0.2) is 109 Å². The molecule has 0 saturated carbocycles. The summed E-state index contributed by atoms with van der Waals surface area (Å²) in [5.41, 5.74) is 4.45. The standard InChI is InChI=1S/C49H73N3O9/c1-13-30(6)38(41(59-11)26-42(53)52-24-18-23-40(52)46(60-12)33(9)48(56)57)25-31(7)32(8)45(54)43(28(2)3)50-47(55)44(29(4)5)51(10)49(58)61-27-39-36-21-16-14-19-34(36)35-20-15-17-22-37(35)39/h14-17,19-22,28-33,38-41,43-44,46H,13,18,23-27H2,1-12H3,(H,50,55)(H,56,57). The average molecular weight is 848 g/mol. The van der Waals surface area contributed by atoms with Gasteiger partial charge in [-0.05, 0) is 78.0 Å². The third-order valence-electron chi connectivity index (χ3n) is 13.8. The lowest BCUT2D eigenvalue weighted by Crippen LogP contribution is -2.56. The van der Waals surface area contributed by atoms with Crippen molar-refractivity contribution in [3.8, 4) is 11.1 Å². The van der Waals surface area contributed by atoms with Gasteiger partial charge in [0.1, 0.15) is 12.6 Å². The van der Waals surface area contributed by atoms with Gasteiger partial charge in [0.25, 0.3) is 0 Å². The topological polar surface area (TPSA) is 152 Å². The second-order valence-electron chi connectivity index (χ2n) is 18.4. The molecule has 4 rings (SSSR count). The Labute approximate surface area is 364 Å². The highest BCUT2D eigenvalue weighted by molar-refractivity contribution is 5.93. The maximum Gasteiger partial charge on any atom is 0.410 e. The quantitative estimate of drug-likeness (QED) is 0.120. The average Bonchev–Trinajstić information content (AvgIpc) is 3.85. The number of hydrogen-bond acceptors (Lipinski definition) is 8. The molecular weight excluding hydrogens is 775 g/mol. The molecule has 10 unspecified atom stereocenters. The number of nitrogens with zero attached hydrogens (tertiary/aromatic N) is 2. The molecule has 1 heterocycles. The van der Waals surface area contributed by atoms with Crippen molar-refractivity contribution in [3.63, 3.8) is 0 Å². The molecule has 1 saturated heterocycles. The largest absolute Gasteiger partial charge is 0.481 e. The molecule has 2 N–H and O–H groups in total. The van der Waals surface area contributed by atoms with E-state index in [1.165, 1.54) is 12.0 Å². The first-order valence-corrected chi connectivity index (χ1v) is 22.4. The van der Waals surface area contributed by atoms with Gasteiger partial charge in [0, 0.05) is 39.6 Å². The highest BCUT2D eigenvalue weighted by atomic mass is 16.6. The predicted octanol–water partition coefficient (Wildman–Crippen LogP) is 8.06. The van der Waals surface area contributed by atoms with Crippen molar-refractivity contribution in [2.45, 2.75) is 131 Å². The molecule has 0 bridgehead atoms. The lowest BCUT2D eigenvalue weighted by molar-refractivity contribution is -0.151. The van der Waals surface area contributed by atoms with E-state index in [9.17, 15) is 29.1 Å². The number of ketones is 1. The number of benzene rings is 2. The molecule has 0 radical (unpaired) electrons. The Kier molecular flexibility index (Phi) is 17.9. The Morgan fingerprint density at radius 2 is 1.43 bits per heavy atom. The fourth-order valence-electron chi connectivity index (χ4n) is 9.77. The highest BCUT2D eigenvalue weighted by Crippen LogP contribution is 2.44. The maximum atomic E-state index is 14.4. The summed E-state index contributed by atoms with van der Waals surface area (Å²) in [5.74, 6) is -3.37. The summed E-state index contributed by atoms with van der Waals surface area (Å²) in [7, 11) is 4.69. The van der Waals surface area contributed by atoms with E-state index in [0.29, 0.717) is 19.4 Å². The number of amides is 3. The van der Waals surface area contributed by atoms with Crippen LogP contribution in [-0.2, 0) is 33.4 Å². The van der Waals surface area contributed by atoms with Gasteiger partial charge in [0.15, 0.2) is 5.78 Å². The second kappa shape index (κ2) is 22.2. The van der Waals surface area contributed by atoms with Crippen LogP contribution in [0.1, 0.15) is 111 Å². The van der Waals surface area contributed by atoms with E-state index in [1.807, 2.05) is 65.8 Å². The second-order valence-corrected chi connectivity index (χ2v) is 18.4. The van der Waals surface area contributed by atoms with Crippen LogP contribution in [0.5, 0.6) is 0 Å². The molecular formula is C49H73N3O9. The van der Waals surface area contributed by atoms with E-state index in [0.717, 1.165) is 35.1 Å². The molecule has 1 fully saturated rings. The van der Waals surface area contributed by atoms with E-state index < -0.39 is 54.1 Å². The zero-order valence-corrected chi connectivity index (χ0v) is 38.7. The number of nitrogens with one attached hydrogen (secondary N) is 1. The summed E-state index contributed by atoms with van der Waals surface area (Å²) < 4.78 is 17.6. The number of likely N-dealkylation sites (tertiary alicyclic amines) is 1. The molecule has 2 aromatic carbocycles. The van der Waals surface area contributed by atoms with Crippen LogP contribution >= 0.6 is 0 Å². The molecule has 0 aromatic heterocycles. The lowest BCUT2D eigenvalue weighted by Gasteiger charge is -2.37. The van der Waals surface area contributed by atoms with E-state index >= 15 is 0 Å². The predicted molar refractivity (Wildman–Crippen MR) is 237 cm³/mol. The smallest absolute Gasteiger partial charge is 0.410 e. The minimum absolute atomic E-state index is 0.0512. The molecule has 10 atom stereocenters. The Bertz CT molecular complexity index is 1770. The normalized spacial score (nSPS) is 19.5. The summed E-state index contributed by atoms with van der Waals surface area (Å²) >= 11 is 0. The van der Waals surface area contributed by atoms with E-state index in [4.69, 9.17) is 14.2 Å². The van der Waals surface area contributed by atoms with E-state index in [1.54, 1.807) is 26.0 Å². The number of carboxylic acid groups (broad SMARTS) is 1. The molecule has 12 heteroatoms. The minimum Gasteiger partial charge on any atom is -0.481 e. The Balaban J connectivity index is 1.43. The van der Waals surface area contributed by atoms with Crippen LogP contribution in [0, 0.1) is 41.4 Å². The SMILES string of the molecule is CCC(C)C(CC(C)C(C)C(=O)C(NC(=O)C(C(C)C)N(C)C(=O)OCC1c2ccccc2-c2ccccc21)C(C)C)C(CC(=O)N1CCCC1C(OC)C(C)C(=O)O)OC. The summed E-state index contributed by atoms with van der Waals surface area (Å²) in [6, 6.07) is 14.2. The van der Waals surface area contributed by atoms with E-state index in [2.05, 4.69) is 43.4 Å². The monoisotopic (exact) mass is 848 g/mol. The van der Waals surface area contributed by atoms with Gasteiger partial charge in [0.2, 0.25) is 11.8 Å². The number of fused-ring (bicyclic) bond motifs is 3. The van der Waals surface area contributed by atoms with Crippen LogP contribution in [0.2, 0.25) is 0 Å². The maximum absolute atomic E-state index is 14.4. The Morgan fingerprint density at radius 1 is 0.836 bits per heavy atom. The Hall–Kier alpha value is -4.29. The number of ether oxygens (including phenoxy) is 3. The van der Waals surface area contributed by atoms with Crippen LogP contribution < -0.4 is 5.32 Å². The van der Waals surface area contributed by atoms with Crippen LogP contribution in [0.25, 0.3) is 11.1 Å². The molecule has 2 aromatic rings. The highest BCUT2D eigenvalue weighted by Gasteiger charge is 2.42. The number of rotatable bonds is 22. The third-order valence-corrected chi connectivity index (χ3v) is 13.8. The van der Waals surface area contributed by atoms with Crippen molar-refractivity contribution < 1.29 is 43.3 Å². The minimum atomic E-state index is -0.963. The van der Waals surface area contributed by atoms with Crippen molar-refractivity contribution in [1.82, 2.24) is 15.1 Å². The van der Waals surface area contributed by atoms with Crippen molar-refractivity contribution in [2.75, 3.05) is 34.4 Å². The van der Waals surface area contributed by atoms with Gasteiger partial charge in [-0.1, -0.05) is 110 Å². The van der Waals surface area contributed by atoms with Crippen molar-refractivity contribution in [3.05, 3.63) is 59.7 Å². The number of hydrogen-bond donors (Lipinski definition) is 2. The van der Waals surface area contributed by atoms with Gasteiger partial charge >= 0.3 is 12.1 Å². The first-order chi connectivity index (χ1) is 28.9. The van der Waals surface area contributed by atoms with Gasteiger partial charge in [-0.25, -0.2) is 4.79 Å². The van der Waals surface area contributed by atoms with E-state index in [-0.39, 0.29) is 66.3 Å². The zero-order valence-electron chi connectivity index (χ0n) is 38.7. The fourth-order valence-corrected chi connectivity index (χ4v) is 9.77. The van der Waals surface area contributed by atoms with Crippen molar-refractivity contribution >= 4 is 29.7 Å². The number of aliphatic carboxylic acids is 1. The van der Waals surface area contributed by atoms with Gasteiger partial charge < -0.3 is 29.5 Å². The molecule has 1 aliphatic heterocycles. The van der Waals surface area contributed by atoms with Crippen LogP contribution in [0.4, 0.5) is 4.79 Å². The van der Waals surface area contributed by atoms with Gasteiger partial charge in [-0.15, -0.1) is 0 Å². The first-order valence-electron chi connectivity index (χ1n) is 22.4. The van der Waals surface area contributed by atoms with Gasteiger partial charge in [-0.3, -0.25) is 24.1 Å². The Morgan fingerprint density at radius 3 is 1.93 bits per heavy atom. The number of carbonyl (C=O) groups excluding carboxylic acids is 4. The fraction of sp³-hybridized carbons (Fsp3) is 0.653. The summed E-state index contributed by atoms with van der Waals surface area (Å²) in [6.45, 7) is 18.0. The molecule has 2 aliphatic rings.